The molecule has 0 fully saturated rings. The summed E-state index contributed by atoms with van der Waals surface area (Å²) >= 11 is 0. The van der Waals surface area contributed by atoms with Crippen LogP contribution in [0.1, 0.15) is 32.9 Å². The summed E-state index contributed by atoms with van der Waals surface area (Å²) in [5.41, 5.74) is 4.97. The van der Waals surface area contributed by atoms with Crippen molar-refractivity contribution in [2.24, 2.45) is 5.10 Å². The molecule has 0 saturated heterocycles. The van der Waals surface area contributed by atoms with E-state index in [1.165, 1.54) is 13.3 Å². The number of nitrogens with zero attached hydrogens (tertiary/aromatic N) is 4. The Kier molecular flexibility index (Phi) is 7.70. The summed E-state index contributed by atoms with van der Waals surface area (Å²) in [6.45, 7) is 3.26. The number of ether oxygens (including phenoxy) is 1. The molecule has 0 unspecified atom stereocenters. The molecule has 0 aliphatic rings. The van der Waals surface area contributed by atoms with Gasteiger partial charge in [-0.15, -0.1) is 0 Å². The highest BCUT2D eigenvalue weighted by atomic mass is 16.6. The van der Waals surface area contributed by atoms with Gasteiger partial charge in [-0.2, -0.15) is 10.2 Å². The third-order valence-corrected chi connectivity index (χ3v) is 5.00. The van der Waals surface area contributed by atoms with E-state index in [1.807, 2.05) is 0 Å². The highest BCUT2D eigenvalue weighted by Gasteiger charge is 2.22. The smallest absolute Gasteiger partial charge is 0.312 e. The number of aromatic nitrogens is 2. The molecule has 2 N–H and O–H groups in total. The number of hydrogen-bond acceptors (Lipinski definition) is 7. The fourth-order valence-corrected chi connectivity index (χ4v) is 3.34. The van der Waals surface area contributed by atoms with Crippen LogP contribution in [-0.2, 0) is 11.3 Å². The number of nitro groups is 1. The van der Waals surface area contributed by atoms with Crippen molar-refractivity contribution in [2.75, 3.05) is 13.7 Å². The zero-order chi connectivity index (χ0) is 24.7. The second-order valence-electron chi connectivity index (χ2n) is 7.35. The lowest BCUT2D eigenvalue weighted by Crippen LogP contribution is -2.34. The van der Waals surface area contributed by atoms with Crippen LogP contribution in [0.5, 0.6) is 5.75 Å². The van der Waals surface area contributed by atoms with E-state index in [1.54, 1.807) is 67.1 Å². The van der Waals surface area contributed by atoms with E-state index < -0.39 is 10.8 Å². The number of carbonyl (C=O) groups is 2. The Morgan fingerprint density at radius 2 is 1.94 bits per heavy atom. The summed E-state index contributed by atoms with van der Waals surface area (Å²) in [6.07, 6.45) is 1.45. The first-order valence-electron chi connectivity index (χ1n) is 10.3. The van der Waals surface area contributed by atoms with Crippen molar-refractivity contribution in [1.82, 2.24) is 20.5 Å². The third kappa shape index (κ3) is 5.82. The predicted molar refractivity (Wildman–Crippen MR) is 125 cm³/mol. The van der Waals surface area contributed by atoms with Gasteiger partial charge in [0.2, 0.25) is 0 Å². The van der Waals surface area contributed by atoms with Gasteiger partial charge in [-0.3, -0.25) is 24.4 Å². The molecule has 1 aromatic heterocycles. The minimum Gasteiger partial charge on any atom is -0.496 e. The van der Waals surface area contributed by atoms with Gasteiger partial charge in [0.25, 0.3) is 11.8 Å². The second-order valence-corrected chi connectivity index (χ2v) is 7.35. The third-order valence-electron chi connectivity index (χ3n) is 5.00. The maximum absolute atomic E-state index is 12.0. The molecule has 11 nitrogen and oxygen atoms in total. The number of carbonyl (C=O) groups excluding carboxylic acids is 2. The minimum atomic E-state index is -0.482. The number of aryl methyl sites for hydroxylation is 1. The topological polar surface area (TPSA) is 141 Å². The molecule has 0 aliphatic heterocycles. The predicted octanol–water partition coefficient (Wildman–Crippen LogP) is 2.35. The molecule has 0 bridgehead atoms. The molecule has 0 spiro atoms. The van der Waals surface area contributed by atoms with Gasteiger partial charge in [0.05, 0.1) is 31.3 Å². The van der Waals surface area contributed by atoms with Crippen molar-refractivity contribution in [1.29, 1.82) is 0 Å². The van der Waals surface area contributed by atoms with Gasteiger partial charge in [0.15, 0.2) is 0 Å². The highest BCUT2D eigenvalue weighted by molar-refractivity contribution is 5.96. The van der Waals surface area contributed by atoms with E-state index in [0.717, 1.165) is 5.56 Å². The molecule has 34 heavy (non-hydrogen) atoms. The first-order chi connectivity index (χ1) is 16.3. The molecule has 0 saturated carbocycles. The first-order valence-corrected chi connectivity index (χ1v) is 10.3. The van der Waals surface area contributed by atoms with E-state index in [-0.39, 0.29) is 24.7 Å². The average molecular weight is 464 g/mol. The Morgan fingerprint density at radius 1 is 1.21 bits per heavy atom. The largest absolute Gasteiger partial charge is 0.496 e. The summed E-state index contributed by atoms with van der Waals surface area (Å²) in [6, 6.07) is 13.8. The Balaban J connectivity index is 1.64. The Morgan fingerprint density at radius 3 is 2.59 bits per heavy atom. The SMILES string of the molecule is COc1ccc(/C=N\NC(=O)CNC(=O)c2ccccc2)cc1Cn1nc(C)c([N+](=O)[O-])c1C. The van der Waals surface area contributed by atoms with Gasteiger partial charge in [0.1, 0.15) is 17.1 Å². The van der Waals surface area contributed by atoms with Crippen molar-refractivity contribution in [3.05, 3.63) is 86.7 Å². The van der Waals surface area contributed by atoms with Crippen LogP contribution in [0.2, 0.25) is 0 Å². The summed E-state index contributed by atoms with van der Waals surface area (Å²) in [4.78, 5) is 34.8. The minimum absolute atomic E-state index is 0.0150. The Bertz CT molecular complexity index is 1240. The lowest BCUT2D eigenvalue weighted by molar-refractivity contribution is -0.386. The molecule has 2 amide bonds. The van der Waals surface area contributed by atoms with Crippen molar-refractivity contribution < 1.29 is 19.2 Å². The summed E-state index contributed by atoms with van der Waals surface area (Å²) in [5, 5.41) is 22.0. The number of nitrogens with one attached hydrogen (secondary N) is 2. The van der Waals surface area contributed by atoms with E-state index in [9.17, 15) is 19.7 Å². The van der Waals surface area contributed by atoms with Gasteiger partial charge in [-0.25, -0.2) is 5.43 Å². The number of hydrazone groups is 1. The molecule has 176 valence electrons. The lowest BCUT2D eigenvalue weighted by atomic mass is 10.1. The molecule has 2 aromatic carbocycles. The maximum atomic E-state index is 12.0. The Labute approximate surface area is 195 Å². The van der Waals surface area contributed by atoms with E-state index in [0.29, 0.717) is 28.3 Å². The highest BCUT2D eigenvalue weighted by Crippen LogP contribution is 2.25. The van der Waals surface area contributed by atoms with Crippen LogP contribution < -0.4 is 15.5 Å². The summed E-state index contributed by atoms with van der Waals surface area (Å²) in [7, 11) is 1.53. The molecule has 3 aromatic rings. The van der Waals surface area contributed by atoms with Gasteiger partial charge >= 0.3 is 5.69 Å². The summed E-state index contributed by atoms with van der Waals surface area (Å²) < 4.78 is 6.95. The van der Waals surface area contributed by atoms with E-state index in [2.05, 4.69) is 20.9 Å². The fraction of sp³-hybridized carbons (Fsp3) is 0.217. The molecular weight excluding hydrogens is 440 g/mol. The van der Waals surface area contributed by atoms with E-state index in [4.69, 9.17) is 4.74 Å². The molecule has 0 atom stereocenters. The molecular formula is C23H24N6O5. The van der Waals surface area contributed by atoms with Gasteiger partial charge in [-0.1, -0.05) is 18.2 Å². The number of hydrogen-bond donors (Lipinski definition) is 2. The number of methoxy groups -OCH3 is 1. The second kappa shape index (κ2) is 10.9. The van der Waals surface area contributed by atoms with Crippen LogP contribution in [-0.4, -0.2) is 46.4 Å². The molecule has 3 rings (SSSR count). The van der Waals surface area contributed by atoms with Crippen LogP contribution in [0.15, 0.2) is 53.6 Å². The monoisotopic (exact) mass is 464 g/mol. The van der Waals surface area contributed by atoms with Crippen LogP contribution in [0, 0.1) is 24.0 Å². The number of rotatable bonds is 9. The van der Waals surface area contributed by atoms with Crippen LogP contribution >= 0.6 is 0 Å². The van der Waals surface area contributed by atoms with Crippen molar-refractivity contribution in [3.63, 3.8) is 0 Å². The van der Waals surface area contributed by atoms with Crippen molar-refractivity contribution in [3.8, 4) is 5.75 Å². The van der Waals surface area contributed by atoms with Crippen LogP contribution in [0.4, 0.5) is 5.69 Å². The number of benzene rings is 2. The normalized spacial score (nSPS) is 10.8. The van der Waals surface area contributed by atoms with E-state index >= 15 is 0 Å². The zero-order valence-corrected chi connectivity index (χ0v) is 18.9. The maximum Gasteiger partial charge on any atom is 0.312 e. The van der Waals surface area contributed by atoms with Gasteiger partial charge in [0, 0.05) is 11.1 Å². The van der Waals surface area contributed by atoms with Crippen molar-refractivity contribution >= 4 is 23.7 Å². The molecule has 1 heterocycles. The van der Waals surface area contributed by atoms with Crippen molar-refractivity contribution in [2.45, 2.75) is 20.4 Å². The summed E-state index contributed by atoms with van der Waals surface area (Å²) in [5.74, 6) is -0.256. The van der Waals surface area contributed by atoms with Gasteiger partial charge in [-0.05, 0) is 49.7 Å². The molecule has 11 heteroatoms. The van der Waals surface area contributed by atoms with Gasteiger partial charge < -0.3 is 10.1 Å². The fourth-order valence-electron chi connectivity index (χ4n) is 3.34. The van der Waals surface area contributed by atoms with Crippen LogP contribution in [0.25, 0.3) is 0 Å². The Hall–Kier alpha value is -4.54. The molecule has 0 aliphatic carbocycles. The van der Waals surface area contributed by atoms with Crippen LogP contribution in [0.3, 0.4) is 0 Å². The molecule has 0 radical (unpaired) electrons. The first kappa shape index (κ1) is 24.1. The quantitative estimate of drug-likeness (QED) is 0.283. The standard InChI is InChI=1S/C23H24N6O5/c1-15-22(29(32)33)16(2)28(27-15)14-19-11-17(9-10-20(19)34-3)12-25-26-21(30)13-24-23(31)18-7-5-4-6-8-18/h4-12H,13-14H2,1-3H3,(H,24,31)(H,26,30)/b25-12-. The number of amides is 2. The zero-order valence-electron chi connectivity index (χ0n) is 18.9. The average Bonchev–Trinajstić information content (AvgIpc) is 3.11. The lowest BCUT2D eigenvalue weighted by Gasteiger charge is -2.10.